The molecular formula is C20H46O2Si2. The monoisotopic (exact) mass is 374 g/mol. The van der Waals surface area contributed by atoms with Crippen LogP contribution in [0.15, 0.2) is 0 Å². The molecular weight excluding hydrogens is 328 g/mol. The van der Waals surface area contributed by atoms with E-state index >= 15 is 0 Å². The first-order valence-electron chi connectivity index (χ1n) is 10.6. The fourth-order valence-corrected chi connectivity index (χ4v) is 11.4. The quantitative estimate of drug-likeness (QED) is 0.192. The summed E-state index contributed by atoms with van der Waals surface area (Å²) in [7, 11) is -1.65. The molecule has 0 N–H and O–H groups in total. The zero-order valence-corrected chi connectivity index (χ0v) is 19.7. The van der Waals surface area contributed by atoms with Crippen LogP contribution in [0.2, 0.25) is 31.7 Å². The second kappa shape index (κ2) is 14.5. The Balaban J connectivity index is 4.01. The van der Waals surface area contributed by atoms with E-state index in [0.717, 1.165) is 0 Å². The molecule has 0 aliphatic rings. The van der Waals surface area contributed by atoms with E-state index in [0.29, 0.717) is 0 Å². The van der Waals surface area contributed by atoms with E-state index in [1.807, 2.05) is 7.11 Å². The minimum Gasteiger partial charge on any atom is -0.436 e. The van der Waals surface area contributed by atoms with Crippen molar-refractivity contribution in [3.05, 3.63) is 0 Å². The van der Waals surface area contributed by atoms with E-state index in [2.05, 4.69) is 33.5 Å². The summed E-state index contributed by atoms with van der Waals surface area (Å²) in [6, 6.07) is 2.46. The summed E-state index contributed by atoms with van der Waals surface area (Å²) in [5, 5.41) is 0. The van der Waals surface area contributed by atoms with E-state index < -0.39 is 16.9 Å². The van der Waals surface area contributed by atoms with E-state index in [1.165, 1.54) is 89.1 Å². The Hall–Kier alpha value is 0.354. The van der Waals surface area contributed by atoms with Gasteiger partial charge in [-0.05, 0) is 31.7 Å². The third-order valence-corrected chi connectivity index (χ3v) is 12.7. The van der Waals surface area contributed by atoms with Gasteiger partial charge in [-0.2, -0.15) is 0 Å². The lowest BCUT2D eigenvalue weighted by molar-refractivity contribution is 0.298. The lowest BCUT2D eigenvalue weighted by atomic mass is 10.1. The highest BCUT2D eigenvalue weighted by atomic mass is 28.4. The van der Waals surface area contributed by atoms with Crippen LogP contribution in [-0.4, -0.2) is 24.0 Å². The molecule has 2 nitrogen and oxygen atoms in total. The van der Waals surface area contributed by atoms with Crippen molar-refractivity contribution in [1.82, 2.24) is 0 Å². The topological polar surface area (TPSA) is 18.5 Å². The number of rotatable bonds is 17. The predicted molar refractivity (Wildman–Crippen MR) is 114 cm³/mol. The van der Waals surface area contributed by atoms with Gasteiger partial charge in [0.25, 0.3) is 0 Å². The maximum absolute atomic E-state index is 6.69. The summed E-state index contributed by atoms with van der Waals surface area (Å²) in [5.41, 5.74) is 0. The summed E-state index contributed by atoms with van der Waals surface area (Å²) in [4.78, 5) is 0. The summed E-state index contributed by atoms with van der Waals surface area (Å²) < 4.78 is 12.6. The van der Waals surface area contributed by atoms with Gasteiger partial charge in [0.15, 0.2) is 8.32 Å². The highest BCUT2D eigenvalue weighted by molar-refractivity contribution is 6.82. The van der Waals surface area contributed by atoms with Crippen LogP contribution in [0.4, 0.5) is 0 Å². The summed E-state index contributed by atoms with van der Waals surface area (Å²) in [5.74, 6) is 0. The first-order chi connectivity index (χ1) is 11.4. The van der Waals surface area contributed by atoms with Crippen LogP contribution in [0, 0.1) is 0 Å². The molecule has 0 aromatic heterocycles. The van der Waals surface area contributed by atoms with Crippen LogP contribution in [0.25, 0.3) is 0 Å². The Labute approximate surface area is 155 Å². The van der Waals surface area contributed by atoms with E-state index in [-0.39, 0.29) is 0 Å². The van der Waals surface area contributed by atoms with Crippen molar-refractivity contribution in [2.24, 2.45) is 0 Å². The molecule has 0 fully saturated rings. The summed E-state index contributed by atoms with van der Waals surface area (Å²) in [6.07, 6.45) is 16.3. The van der Waals surface area contributed by atoms with Crippen molar-refractivity contribution in [2.75, 3.05) is 7.11 Å². The number of hydrogen-bond donors (Lipinski definition) is 0. The minimum atomic E-state index is -1.95. The van der Waals surface area contributed by atoms with Crippen molar-refractivity contribution >= 4 is 16.9 Å². The zero-order valence-electron chi connectivity index (χ0n) is 17.7. The third kappa shape index (κ3) is 13.6. The molecule has 1 atom stereocenters. The van der Waals surface area contributed by atoms with Crippen molar-refractivity contribution in [3.8, 4) is 0 Å². The highest BCUT2D eigenvalue weighted by Crippen LogP contribution is 2.26. The second-order valence-corrected chi connectivity index (χ2v) is 16.2. The zero-order chi connectivity index (χ0) is 18.3. The molecule has 146 valence electrons. The minimum absolute atomic E-state index is 1.17. The summed E-state index contributed by atoms with van der Waals surface area (Å²) >= 11 is 0. The summed E-state index contributed by atoms with van der Waals surface area (Å²) in [6.45, 7) is 11.6. The van der Waals surface area contributed by atoms with Crippen molar-refractivity contribution in [1.29, 1.82) is 0 Å². The molecule has 0 heterocycles. The van der Waals surface area contributed by atoms with Gasteiger partial charge >= 0.3 is 8.56 Å². The lowest BCUT2D eigenvalue weighted by Gasteiger charge is -2.35. The Morgan fingerprint density at radius 1 is 0.583 bits per heavy atom. The number of unbranched alkanes of at least 4 members (excludes halogenated alkanes) is 10. The molecule has 0 aliphatic carbocycles. The lowest BCUT2D eigenvalue weighted by Crippen LogP contribution is -2.48. The number of hydrogen-bond acceptors (Lipinski definition) is 2. The molecule has 0 saturated carbocycles. The highest BCUT2D eigenvalue weighted by Gasteiger charge is 2.37. The Morgan fingerprint density at radius 3 is 1.46 bits per heavy atom. The van der Waals surface area contributed by atoms with Crippen LogP contribution < -0.4 is 0 Å². The van der Waals surface area contributed by atoms with Crippen LogP contribution in [-0.2, 0) is 8.54 Å². The van der Waals surface area contributed by atoms with E-state index in [4.69, 9.17) is 8.54 Å². The van der Waals surface area contributed by atoms with Gasteiger partial charge in [0, 0.05) is 7.11 Å². The molecule has 0 aromatic carbocycles. The standard InChI is InChI=1S/C20H46O2Si2/c1-7-9-11-13-15-17-19-23(4,5)22-24(6,21-3)20-18-16-14-12-10-8-2/h7-20H2,1-6H3. The maximum atomic E-state index is 6.69. The molecule has 0 spiro atoms. The molecule has 0 bridgehead atoms. The third-order valence-electron chi connectivity index (χ3n) is 5.04. The Morgan fingerprint density at radius 2 is 1.00 bits per heavy atom. The SMILES string of the molecule is CCCCCCCC[Si](C)(C)O[Si](C)(CCCCCCCC)OC. The fraction of sp³-hybridized carbons (Fsp3) is 1.00. The van der Waals surface area contributed by atoms with E-state index in [9.17, 15) is 0 Å². The molecule has 1 unspecified atom stereocenters. The van der Waals surface area contributed by atoms with Gasteiger partial charge in [0.1, 0.15) is 0 Å². The smallest absolute Gasteiger partial charge is 0.324 e. The first-order valence-corrected chi connectivity index (χ1v) is 16.3. The van der Waals surface area contributed by atoms with Gasteiger partial charge in [-0.15, -0.1) is 0 Å². The molecule has 0 saturated heterocycles. The molecule has 0 aliphatic heterocycles. The van der Waals surface area contributed by atoms with Gasteiger partial charge in [-0.1, -0.05) is 90.9 Å². The van der Waals surface area contributed by atoms with Crippen LogP contribution in [0.3, 0.4) is 0 Å². The van der Waals surface area contributed by atoms with Crippen LogP contribution >= 0.6 is 0 Å². The van der Waals surface area contributed by atoms with Gasteiger partial charge < -0.3 is 8.54 Å². The maximum Gasteiger partial charge on any atom is 0.324 e. The average Bonchev–Trinajstić information content (AvgIpc) is 2.53. The normalized spacial score (nSPS) is 14.8. The van der Waals surface area contributed by atoms with E-state index in [1.54, 1.807) is 0 Å². The molecule has 4 heteroatoms. The molecule has 0 amide bonds. The molecule has 24 heavy (non-hydrogen) atoms. The largest absolute Gasteiger partial charge is 0.436 e. The second-order valence-electron chi connectivity index (χ2n) is 8.24. The Bertz CT molecular complexity index is 285. The van der Waals surface area contributed by atoms with Crippen LogP contribution in [0.1, 0.15) is 90.9 Å². The first kappa shape index (κ1) is 24.4. The van der Waals surface area contributed by atoms with Crippen molar-refractivity contribution in [3.63, 3.8) is 0 Å². The Kier molecular flexibility index (Phi) is 14.7. The fourth-order valence-electron chi connectivity index (χ4n) is 3.39. The molecule has 0 radical (unpaired) electrons. The van der Waals surface area contributed by atoms with Gasteiger partial charge in [-0.3, -0.25) is 0 Å². The molecule has 0 aromatic rings. The molecule has 0 rings (SSSR count). The van der Waals surface area contributed by atoms with Gasteiger partial charge in [-0.25, -0.2) is 0 Å². The van der Waals surface area contributed by atoms with Gasteiger partial charge in [0.05, 0.1) is 0 Å². The predicted octanol–water partition coefficient (Wildman–Crippen LogP) is 7.65. The van der Waals surface area contributed by atoms with Crippen molar-refractivity contribution in [2.45, 2.75) is 123 Å². The van der Waals surface area contributed by atoms with Gasteiger partial charge in [0.2, 0.25) is 0 Å². The van der Waals surface area contributed by atoms with Crippen LogP contribution in [0.5, 0.6) is 0 Å². The average molecular weight is 375 g/mol. The van der Waals surface area contributed by atoms with Crippen molar-refractivity contribution < 1.29 is 8.54 Å².